The van der Waals surface area contributed by atoms with Crippen LogP contribution in [0.5, 0.6) is 17.2 Å². The maximum Gasteiger partial charge on any atom is 0.446 e. The lowest BCUT2D eigenvalue weighted by Crippen LogP contribution is -2.08. The molecule has 0 saturated carbocycles. The third kappa shape index (κ3) is 3.19. The summed E-state index contributed by atoms with van der Waals surface area (Å²) in [5.74, 6) is 0.671. The predicted octanol–water partition coefficient (Wildman–Crippen LogP) is 3.81. The summed E-state index contributed by atoms with van der Waals surface area (Å²) in [7, 11) is -4.66. The van der Waals surface area contributed by atoms with Crippen molar-refractivity contribution < 1.29 is 21.9 Å². The lowest BCUT2D eigenvalue weighted by atomic mass is 10.1. The zero-order valence-electron chi connectivity index (χ0n) is 11.3. The second kappa shape index (κ2) is 5.67. The number of ether oxygens (including phenoxy) is 1. The van der Waals surface area contributed by atoms with Crippen molar-refractivity contribution in [3.05, 3.63) is 66.7 Å². The number of hydrogen-bond donors (Lipinski definition) is 1. The summed E-state index contributed by atoms with van der Waals surface area (Å²) in [6.07, 6.45) is 0. The van der Waals surface area contributed by atoms with Crippen LogP contribution in [0.2, 0.25) is 0 Å². The molecule has 0 heterocycles. The van der Waals surface area contributed by atoms with Crippen LogP contribution in [0.4, 0.5) is 0 Å². The van der Waals surface area contributed by atoms with Gasteiger partial charge in [0.25, 0.3) is 0 Å². The minimum absolute atomic E-state index is 0.0514. The van der Waals surface area contributed by atoms with E-state index in [1.807, 2.05) is 12.1 Å². The van der Waals surface area contributed by atoms with E-state index in [2.05, 4.69) is 0 Å². The van der Waals surface area contributed by atoms with Gasteiger partial charge in [0.2, 0.25) is 0 Å². The molecule has 0 bridgehead atoms. The van der Waals surface area contributed by atoms with Crippen LogP contribution in [0.1, 0.15) is 0 Å². The van der Waals surface area contributed by atoms with Crippen LogP contribution in [0.25, 0.3) is 10.8 Å². The lowest BCUT2D eigenvalue weighted by molar-refractivity contribution is 0.376. The van der Waals surface area contributed by atoms with E-state index in [0.29, 0.717) is 11.1 Å². The van der Waals surface area contributed by atoms with Crippen molar-refractivity contribution in [2.75, 3.05) is 0 Å². The molecule has 112 valence electrons. The topological polar surface area (TPSA) is 72.8 Å². The van der Waals surface area contributed by atoms with Crippen molar-refractivity contribution in [1.29, 1.82) is 0 Å². The molecule has 0 aliphatic rings. The fourth-order valence-corrected chi connectivity index (χ4v) is 2.49. The van der Waals surface area contributed by atoms with Gasteiger partial charge in [-0.05, 0) is 23.6 Å². The van der Waals surface area contributed by atoms with Gasteiger partial charge in [-0.15, -0.1) is 0 Å². The molecule has 0 saturated heterocycles. The highest BCUT2D eigenvalue weighted by atomic mass is 32.3. The van der Waals surface area contributed by atoms with Gasteiger partial charge in [-0.3, -0.25) is 4.55 Å². The molecule has 0 aromatic heterocycles. The first-order valence-electron chi connectivity index (χ1n) is 6.44. The molecule has 1 N–H and O–H groups in total. The molecule has 0 aliphatic heterocycles. The molecule has 0 atom stereocenters. The van der Waals surface area contributed by atoms with Gasteiger partial charge >= 0.3 is 10.4 Å². The zero-order valence-corrected chi connectivity index (χ0v) is 12.2. The molecule has 3 aromatic carbocycles. The minimum Gasteiger partial charge on any atom is -0.453 e. The molecule has 0 unspecified atom stereocenters. The number of rotatable bonds is 4. The van der Waals surface area contributed by atoms with Crippen LogP contribution < -0.4 is 8.92 Å². The van der Waals surface area contributed by atoms with Gasteiger partial charge in [-0.1, -0.05) is 48.5 Å². The maximum atomic E-state index is 11.1. The monoisotopic (exact) mass is 316 g/mol. The van der Waals surface area contributed by atoms with Gasteiger partial charge < -0.3 is 8.92 Å². The Morgan fingerprint density at radius 1 is 0.818 bits per heavy atom. The third-order valence-corrected chi connectivity index (χ3v) is 3.38. The van der Waals surface area contributed by atoms with Crippen molar-refractivity contribution in [3.8, 4) is 17.2 Å². The average molecular weight is 316 g/mol. The zero-order chi connectivity index (χ0) is 15.6. The summed E-state index contributed by atoms with van der Waals surface area (Å²) >= 11 is 0. The Morgan fingerprint density at radius 2 is 1.50 bits per heavy atom. The van der Waals surface area contributed by atoms with Crippen molar-refractivity contribution in [1.82, 2.24) is 0 Å². The normalized spacial score (nSPS) is 11.3. The van der Waals surface area contributed by atoms with E-state index in [9.17, 15) is 8.42 Å². The molecule has 0 aliphatic carbocycles. The van der Waals surface area contributed by atoms with Gasteiger partial charge in [0, 0.05) is 5.39 Å². The number of para-hydroxylation sites is 1. The van der Waals surface area contributed by atoms with Crippen molar-refractivity contribution in [2.24, 2.45) is 0 Å². The van der Waals surface area contributed by atoms with E-state index >= 15 is 0 Å². The standard InChI is InChI=1S/C16H12O5S/c17-22(18,19)21-16-14-9-5-4-6-12(14)10-11-15(16)20-13-7-2-1-3-8-13/h1-11H,(H,17,18,19). The van der Waals surface area contributed by atoms with E-state index in [4.69, 9.17) is 13.5 Å². The molecule has 3 rings (SSSR count). The van der Waals surface area contributed by atoms with Crippen LogP contribution in [0.15, 0.2) is 66.7 Å². The first-order valence-corrected chi connectivity index (χ1v) is 7.81. The molecule has 5 nitrogen and oxygen atoms in total. The van der Waals surface area contributed by atoms with Crippen molar-refractivity contribution >= 4 is 21.2 Å². The summed E-state index contributed by atoms with van der Waals surface area (Å²) in [5.41, 5.74) is 0. The predicted molar refractivity (Wildman–Crippen MR) is 82.6 cm³/mol. The molecule has 0 radical (unpaired) electrons. The quantitative estimate of drug-likeness (QED) is 0.741. The second-order valence-electron chi connectivity index (χ2n) is 4.54. The van der Waals surface area contributed by atoms with Crippen LogP contribution in [0.3, 0.4) is 0 Å². The molecule has 6 heteroatoms. The van der Waals surface area contributed by atoms with E-state index in [-0.39, 0.29) is 11.5 Å². The van der Waals surface area contributed by atoms with Crippen molar-refractivity contribution in [3.63, 3.8) is 0 Å². The highest BCUT2D eigenvalue weighted by Gasteiger charge is 2.17. The third-order valence-electron chi connectivity index (χ3n) is 3.00. The Labute approximate surface area is 127 Å². The summed E-state index contributed by atoms with van der Waals surface area (Å²) < 4.78 is 41.7. The number of hydrogen-bond acceptors (Lipinski definition) is 4. The Hall–Kier alpha value is -2.57. The van der Waals surface area contributed by atoms with E-state index in [1.165, 1.54) is 0 Å². The highest BCUT2D eigenvalue weighted by Crippen LogP contribution is 2.38. The van der Waals surface area contributed by atoms with Crippen LogP contribution in [-0.2, 0) is 10.4 Å². The Kier molecular flexibility index (Phi) is 3.70. The largest absolute Gasteiger partial charge is 0.453 e. The average Bonchev–Trinajstić information content (AvgIpc) is 2.49. The summed E-state index contributed by atoms with van der Waals surface area (Å²) in [6, 6.07) is 19.3. The van der Waals surface area contributed by atoms with Gasteiger partial charge in [-0.25, -0.2) is 0 Å². The van der Waals surface area contributed by atoms with E-state index in [1.54, 1.807) is 54.6 Å². The summed E-state index contributed by atoms with van der Waals surface area (Å²) in [6.45, 7) is 0. The highest BCUT2D eigenvalue weighted by molar-refractivity contribution is 7.81. The molecular formula is C16H12O5S. The number of fused-ring (bicyclic) bond motifs is 1. The van der Waals surface area contributed by atoms with Gasteiger partial charge in [-0.2, -0.15) is 8.42 Å². The maximum absolute atomic E-state index is 11.1. The fraction of sp³-hybridized carbons (Fsp3) is 0. The Bertz CT molecular complexity index is 904. The van der Waals surface area contributed by atoms with Crippen LogP contribution in [0, 0.1) is 0 Å². The minimum atomic E-state index is -4.66. The number of benzene rings is 3. The summed E-state index contributed by atoms with van der Waals surface area (Å²) in [4.78, 5) is 0. The van der Waals surface area contributed by atoms with Crippen molar-refractivity contribution in [2.45, 2.75) is 0 Å². The first kappa shape index (κ1) is 14.4. The Morgan fingerprint density at radius 3 is 2.23 bits per heavy atom. The van der Waals surface area contributed by atoms with Crippen LogP contribution in [-0.4, -0.2) is 13.0 Å². The Balaban J connectivity index is 2.14. The van der Waals surface area contributed by atoms with Gasteiger partial charge in [0.1, 0.15) is 5.75 Å². The van der Waals surface area contributed by atoms with Gasteiger partial charge in [0.05, 0.1) is 0 Å². The van der Waals surface area contributed by atoms with Crippen LogP contribution >= 0.6 is 0 Å². The fourth-order valence-electron chi connectivity index (χ4n) is 2.11. The van der Waals surface area contributed by atoms with E-state index < -0.39 is 10.4 Å². The first-order chi connectivity index (χ1) is 10.5. The van der Waals surface area contributed by atoms with E-state index in [0.717, 1.165) is 5.39 Å². The smallest absolute Gasteiger partial charge is 0.446 e. The molecule has 3 aromatic rings. The molecular weight excluding hydrogens is 304 g/mol. The second-order valence-corrected chi connectivity index (χ2v) is 5.56. The molecule has 0 fully saturated rings. The van der Waals surface area contributed by atoms with Gasteiger partial charge in [0.15, 0.2) is 11.5 Å². The molecule has 0 amide bonds. The SMILES string of the molecule is O=S(=O)(O)Oc1c(Oc2ccccc2)ccc2ccccc12. The molecule has 0 spiro atoms. The molecule has 22 heavy (non-hydrogen) atoms. The lowest BCUT2D eigenvalue weighted by Gasteiger charge is -2.13. The summed E-state index contributed by atoms with van der Waals surface area (Å²) in [5, 5.41) is 1.29.